The van der Waals surface area contributed by atoms with E-state index in [-0.39, 0.29) is 29.6 Å². The molecule has 1 aliphatic carbocycles. The summed E-state index contributed by atoms with van der Waals surface area (Å²) in [6.45, 7) is 10.5. The van der Waals surface area contributed by atoms with Crippen LogP contribution in [0.4, 0.5) is 4.79 Å². The van der Waals surface area contributed by atoms with Crippen LogP contribution in [0.25, 0.3) is 10.9 Å². The maximum absolute atomic E-state index is 13.9. The lowest BCUT2D eigenvalue weighted by Gasteiger charge is -2.47. The van der Waals surface area contributed by atoms with Crippen LogP contribution in [-0.2, 0) is 16.0 Å². The van der Waals surface area contributed by atoms with Crippen LogP contribution in [0.1, 0.15) is 43.7 Å². The minimum Gasteiger partial charge on any atom is -0.361 e. The summed E-state index contributed by atoms with van der Waals surface area (Å²) in [5.74, 6) is -0.0760. The normalized spacial score (nSPS) is 21.3. The van der Waals surface area contributed by atoms with Crippen LogP contribution in [-0.4, -0.2) is 89.8 Å². The third kappa shape index (κ3) is 5.39. The zero-order valence-corrected chi connectivity index (χ0v) is 21.8. The molecule has 36 heavy (non-hydrogen) atoms. The number of rotatable bonds is 10. The van der Waals surface area contributed by atoms with E-state index in [2.05, 4.69) is 46.2 Å². The molecule has 2 N–H and O–H groups in total. The van der Waals surface area contributed by atoms with Crippen LogP contribution in [0.2, 0.25) is 0 Å². The molecule has 1 fully saturated rings. The highest BCUT2D eigenvalue weighted by Crippen LogP contribution is 2.45. The van der Waals surface area contributed by atoms with Gasteiger partial charge in [-0.2, -0.15) is 0 Å². The molecule has 2 heterocycles. The smallest absolute Gasteiger partial charge is 0.324 e. The van der Waals surface area contributed by atoms with Gasteiger partial charge in [0.1, 0.15) is 5.78 Å². The summed E-state index contributed by atoms with van der Waals surface area (Å²) in [5.41, 5.74) is 3.77. The van der Waals surface area contributed by atoms with Gasteiger partial charge in [-0.05, 0) is 63.9 Å². The van der Waals surface area contributed by atoms with Crippen molar-refractivity contribution in [2.45, 2.75) is 45.1 Å². The topological polar surface area (TPSA) is 88.8 Å². The number of urea groups is 1. The Balaban J connectivity index is 1.55. The minimum atomic E-state index is -0.340. The zero-order valence-electron chi connectivity index (χ0n) is 21.8. The molecule has 0 radical (unpaired) electrons. The highest BCUT2D eigenvalue weighted by atomic mass is 16.2. The summed E-state index contributed by atoms with van der Waals surface area (Å²) >= 11 is 0. The number of nitrogens with one attached hydrogen (secondary N) is 2. The third-order valence-electron chi connectivity index (χ3n) is 7.54. The molecule has 2 aromatic rings. The van der Waals surface area contributed by atoms with Crippen molar-refractivity contribution in [3.05, 3.63) is 48.2 Å². The zero-order chi connectivity index (χ0) is 25.8. The number of amides is 3. The van der Waals surface area contributed by atoms with Gasteiger partial charge in [0.2, 0.25) is 5.91 Å². The number of H-pyrrole nitrogens is 1. The molecular formula is C28H39N5O3. The first-order valence-corrected chi connectivity index (χ1v) is 13.0. The summed E-state index contributed by atoms with van der Waals surface area (Å²) in [4.78, 5) is 47.3. The molecule has 0 spiro atoms. The molecule has 3 amide bonds. The molecule has 1 aliphatic heterocycles. The maximum Gasteiger partial charge on any atom is 0.324 e. The Morgan fingerprint density at radius 3 is 2.81 bits per heavy atom. The van der Waals surface area contributed by atoms with Gasteiger partial charge in [-0.25, -0.2) is 4.79 Å². The largest absolute Gasteiger partial charge is 0.361 e. The van der Waals surface area contributed by atoms with Gasteiger partial charge in [0, 0.05) is 55.2 Å². The van der Waals surface area contributed by atoms with E-state index in [4.69, 9.17) is 0 Å². The Labute approximate surface area is 213 Å². The monoisotopic (exact) mass is 493 g/mol. The summed E-state index contributed by atoms with van der Waals surface area (Å²) < 4.78 is 0. The molecule has 8 nitrogen and oxygen atoms in total. The molecule has 1 saturated heterocycles. The number of likely N-dealkylation sites (tertiary alicyclic amines) is 1. The average molecular weight is 494 g/mol. The number of nitrogens with zero attached hydrogens (tertiary/aromatic N) is 3. The predicted octanol–water partition coefficient (Wildman–Crippen LogP) is 3.15. The number of fused-ring (bicyclic) bond motifs is 2. The first kappa shape index (κ1) is 26.1. The van der Waals surface area contributed by atoms with Gasteiger partial charge in [-0.15, -0.1) is 6.58 Å². The standard InChI is InChI=1S/C28H39N5O3/c1-5-11-32-18-21(14-23-22-9-7-10-24-26(22)20(16-30-24)15-25(23)32)27(35)33(28(36)29-6-2)13-8-12-31(4)17-19(3)34/h5,7,9-10,16,21,23,25,30H,1,6,8,11-15,17-18H2,2-4H3,(H,29,36)/t21-,23-,25-/m1/s1. The van der Waals surface area contributed by atoms with Crippen LogP contribution >= 0.6 is 0 Å². The van der Waals surface area contributed by atoms with E-state index in [1.165, 1.54) is 21.4 Å². The fraction of sp³-hybridized carbons (Fsp3) is 0.536. The molecule has 0 saturated carbocycles. The molecule has 4 rings (SSSR count). The molecule has 1 aromatic heterocycles. The molecular weight excluding hydrogens is 454 g/mol. The number of carbonyl (C=O) groups excluding carboxylic acids is 3. The number of carbonyl (C=O) groups is 3. The van der Waals surface area contributed by atoms with Crippen molar-refractivity contribution < 1.29 is 14.4 Å². The molecule has 3 atom stereocenters. The SMILES string of the molecule is C=CCN1C[C@H](C(=O)N(CCCN(C)CC(C)=O)C(=O)NCC)C[C@@H]2c3cccc4[nH]cc(c34)C[C@H]21. The van der Waals surface area contributed by atoms with Crippen molar-refractivity contribution in [2.75, 3.05) is 46.3 Å². The van der Waals surface area contributed by atoms with Crippen LogP contribution in [0.5, 0.6) is 0 Å². The second-order valence-corrected chi connectivity index (χ2v) is 10.3. The summed E-state index contributed by atoms with van der Waals surface area (Å²) in [6.07, 6.45) is 6.31. The van der Waals surface area contributed by atoms with Gasteiger partial charge in [-0.1, -0.05) is 18.2 Å². The molecule has 194 valence electrons. The van der Waals surface area contributed by atoms with Crippen molar-refractivity contribution >= 4 is 28.6 Å². The van der Waals surface area contributed by atoms with E-state index in [0.29, 0.717) is 51.7 Å². The second kappa shape index (κ2) is 11.4. The van der Waals surface area contributed by atoms with E-state index in [0.717, 1.165) is 18.4 Å². The molecule has 0 bridgehead atoms. The van der Waals surface area contributed by atoms with Gasteiger partial charge < -0.3 is 10.3 Å². The van der Waals surface area contributed by atoms with E-state index in [9.17, 15) is 14.4 Å². The fourth-order valence-corrected chi connectivity index (χ4v) is 6.09. The molecule has 2 aliphatic rings. The van der Waals surface area contributed by atoms with Gasteiger partial charge >= 0.3 is 6.03 Å². The van der Waals surface area contributed by atoms with Gasteiger partial charge in [-0.3, -0.25) is 24.3 Å². The van der Waals surface area contributed by atoms with Crippen molar-refractivity contribution in [1.82, 2.24) is 25.0 Å². The lowest BCUT2D eigenvalue weighted by Crippen LogP contribution is -2.55. The van der Waals surface area contributed by atoms with Crippen molar-refractivity contribution in [3.8, 4) is 0 Å². The van der Waals surface area contributed by atoms with E-state index >= 15 is 0 Å². The Hall–Kier alpha value is -2.97. The maximum atomic E-state index is 13.9. The Bertz CT molecular complexity index is 1130. The number of ketones is 1. The van der Waals surface area contributed by atoms with Crippen molar-refractivity contribution in [3.63, 3.8) is 0 Å². The number of aromatic nitrogens is 1. The minimum absolute atomic E-state index is 0.0984. The molecule has 8 heteroatoms. The Kier molecular flexibility index (Phi) is 8.26. The van der Waals surface area contributed by atoms with E-state index < -0.39 is 0 Å². The third-order valence-corrected chi connectivity index (χ3v) is 7.54. The summed E-state index contributed by atoms with van der Waals surface area (Å²) in [7, 11) is 1.88. The number of aromatic amines is 1. The van der Waals surface area contributed by atoms with Crippen LogP contribution in [0, 0.1) is 5.92 Å². The Morgan fingerprint density at radius 1 is 1.28 bits per heavy atom. The quantitative estimate of drug-likeness (QED) is 0.497. The van der Waals surface area contributed by atoms with Gasteiger partial charge in [0.05, 0.1) is 12.5 Å². The first-order chi connectivity index (χ1) is 17.3. The van der Waals surface area contributed by atoms with Crippen LogP contribution < -0.4 is 5.32 Å². The second-order valence-electron chi connectivity index (χ2n) is 10.3. The number of piperidine rings is 1. The summed E-state index contributed by atoms with van der Waals surface area (Å²) in [6, 6.07) is 6.35. The number of hydrogen-bond donors (Lipinski definition) is 2. The Morgan fingerprint density at radius 2 is 2.08 bits per heavy atom. The van der Waals surface area contributed by atoms with Crippen molar-refractivity contribution in [1.29, 1.82) is 0 Å². The fourth-order valence-electron chi connectivity index (χ4n) is 6.09. The number of Topliss-reactive ketones (excluding diaryl/α,β-unsaturated/α-hetero) is 1. The van der Waals surface area contributed by atoms with Crippen LogP contribution in [0.3, 0.4) is 0 Å². The van der Waals surface area contributed by atoms with E-state index in [1.54, 1.807) is 6.92 Å². The highest BCUT2D eigenvalue weighted by Gasteiger charge is 2.43. The number of likely N-dealkylation sites (N-methyl/N-ethyl adjacent to an activating group) is 1. The molecule has 1 aromatic carbocycles. The van der Waals surface area contributed by atoms with Gasteiger partial charge in [0.25, 0.3) is 0 Å². The summed E-state index contributed by atoms with van der Waals surface area (Å²) in [5, 5.41) is 4.11. The number of benzene rings is 1. The number of hydrogen-bond acceptors (Lipinski definition) is 5. The van der Waals surface area contributed by atoms with Crippen molar-refractivity contribution in [2.24, 2.45) is 5.92 Å². The highest BCUT2D eigenvalue weighted by molar-refractivity contribution is 5.96. The lowest BCUT2D eigenvalue weighted by atomic mass is 9.72. The average Bonchev–Trinajstić information content (AvgIpc) is 3.26. The van der Waals surface area contributed by atoms with Crippen LogP contribution in [0.15, 0.2) is 37.1 Å². The van der Waals surface area contributed by atoms with E-state index in [1.807, 2.05) is 24.9 Å². The molecule has 0 unspecified atom stereocenters. The predicted molar refractivity (Wildman–Crippen MR) is 142 cm³/mol. The number of imide groups is 1. The van der Waals surface area contributed by atoms with Gasteiger partial charge in [0.15, 0.2) is 0 Å². The lowest BCUT2D eigenvalue weighted by molar-refractivity contribution is -0.135. The first-order valence-electron chi connectivity index (χ1n) is 13.0.